The summed E-state index contributed by atoms with van der Waals surface area (Å²) in [6.45, 7) is 3.41. The van der Waals surface area contributed by atoms with Crippen LogP contribution in [0.4, 0.5) is 0 Å². The minimum absolute atomic E-state index is 0.460. The monoisotopic (exact) mass is 258 g/mol. The molecular weight excluding hydrogens is 240 g/mol. The summed E-state index contributed by atoms with van der Waals surface area (Å²) in [5, 5.41) is 8.17. The molecule has 0 bridgehead atoms. The second kappa shape index (κ2) is 6.02. The molecule has 6 nitrogen and oxygen atoms in total. The predicted octanol–water partition coefficient (Wildman–Crippen LogP) is 0.843. The lowest BCUT2D eigenvalue weighted by molar-refractivity contribution is -0.122. The molecule has 0 fully saturated rings. The van der Waals surface area contributed by atoms with Gasteiger partial charge in [-0.15, -0.1) is 10.2 Å². The fourth-order valence-corrected chi connectivity index (χ4v) is 2.01. The van der Waals surface area contributed by atoms with Gasteiger partial charge in [-0.1, -0.05) is 18.2 Å². The molecule has 0 spiro atoms. The van der Waals surface area contributed by atoms with Gasteiger partial charge >= 0.3 is 0 Å². The lowest BCUT2D eigenvalue weighted by atomic mass is 9.96. The summed E-state index contributed by atoms with van der Waals surface area (Å²) in [5.41, 5.74) is 10.00. The molecule has 1 aromatic rings. The molecule has 17 heavy (non-hydrogen) atoms. The topological polar surface area (TPSA) is 108 Å². The van der Waals surface area contributed by atoms with Crippen LogP contribution in [0.5, 0.6) is 0 Å². The Morgan fingerprint density at radius 1 is 1.47 bits per heavy atom. The van der Waals surface area contributed by atoms with Crippen molar-refractivity contribution in [3.63, 3.8) is 0 Å². The number of primary amides is 1. The minimum atomic E-state index is -0.911. The van der Waals surface area contributed by atoms with Gasteiger partial charge in [0.05, 0.1) is 5.54 Å². The molecule has 0 saturated heterocycles. The number of rotatable bonds is 7. The molecule has 4 N–H and O–H groups in total. The van der Waals surface area contributed by atoms with E-state index in [-0.39, 0.29) is 0 Å². The number of amides is 1. The Bertz CT molecular complexity index is 378. The van der Waals surface area contributed by atoms with Crippen LogP contribution < -0.4 is 11.5 Å². The van der Waals surface area contributed by atoms with Crippen molar-refractivity contribution in [1.29, 1.82) is 0 Å². The number of aromatic nitrogens is 2. The van der Waals surface area contributed by atoms with Crippen molar-refractivity contribution in [1.82, 2.24) is 10.2 Å². The molecule has 0 aromatic carbocycles. The Kier molecular flexibility index (Phi) is 4.95. The number of nitrogens with zero attached hydrogens (tertiary/aromatic N) is 2. The number of hydrogen-bond donors (Lipinski definition) is 2. The van der Waals surface area contributed by atoms with Crippen molar-refractivity contribution >= 4 is 17.7 Å². The quantitative estimate of drug-likeness (QED) is 0.554. The third-order valence-corrected chi connectivity index (χ3v) is 3.29. The molecule has 1 heterocycles. The maximum absolute atomic E-state index is 11.0. The molecule has 7 heteroatoms. The molecule has 1 amide bonds. The summed E-state index contributed by atoms with van der Waals surface area (Å²) in [4.78, 5) is 11.0. The van der Waals surface area contributed by atoms with Crippen molar-refractivity contribution < 1.29 is 9.21 Å². The molecule has 1 rings (SSSR count). The number of carbonyl (C=O) groups is 1. The van der Waals surface area contributed by atoms with E-state index in [0.29, 0.717) is 17.5 Å². The lowest BCUT2D eigenvalue weighted by Gasteiger charge is -2.19. The third-order valence-electron chi connectivity index (χ3n) is 2.39. The van der Waals surface area contributed by atoms with Crippen molar-refractivity contribution in [2.45, 2.75) is 43.9 Å². The highest BCUT2D eigenvalue weighted by molar-refractivity contribution is 7.99. The van der Waals surface area contributed by atoms with E-state index < -0.39 is 11.4 Å². The van der Waals surface area contributed by atoms with Gasteiger partial charge < -0.3 is 15.9 Å². The summed E-state index contributed by atoms with van der Waals surface area (Å²) >= 11 is 1.50. The molecule has 96 valence electrons. The van der Waals surface area contributed by atoms with Crippen LogP contribution in [0.3, 0.4) is 0 Å². The zero-order chi connectivity index (χ0) is 12.9. The molecule has 1 unspecified atom stereocenters. The summed E-state index contributed by atoms with van der Waals surface area (Å²) < 4.78 is 5.21. The van der Waals surface area contributed by atoms with Crippen LogP contribution in [0.15, 0.2) is 9.64 Å². The molecule has 0 radical (unpaired) electrons. The highest BCUT2D eigenvalue weighted by atomic mass is 32.2. The largest absolute Gasteiger partial charge is 0.416 e. The lowest BCUT2D eigenvalue weighted by Crippen LogP contribution is -2.49. The van der Waals surface area contributed by atoms with Crippen LogP contribution >= 0.6 is 11.8 Å². The minimum Gasteiger partial charge on any atom is -0.416 e. The first-order valence-electron chi connectivity index (χ1n) is 5.43. The number of thioether (sulfide) groups is 1. The molecule has 1 atom stereocenters. The van der Waals surface area contributed by atoms with E-state index in [2.05, 4.69) is 10.2 Å². The van der Waals surface area contributed by atoms with Crippen molar-refractivity contribution in [2.75, 3.05) is 5.75 Å². The zero-order valence-corrected chi connectivity index (χ0v) is 10.9. The van der Waals surface area contributed by atoms with Gasteiger partial charge in [-0.3, -0.25) is 4.79 Å². The molecule has 0 aliphatic rings. The summed E-state index contributed by atoms with van der Waals surface area (Å²) in [6, 6.07) is 0. The Morgan fingerprint density at radius 2 is 2.18 bits per heavy atom. The third kappa shape index (κ3) is 4.74. The van der Waals surface area contributed by atoms with E-state index in [0.717, 1.165) is 18.6 Å². The fraction of sp³-hybridized carbons (Fsp3) is 0.700. The average molecular weight is 258 g/mol. The average Bonchev–Trinajstić information content (AvgIpc) is 2.63. The highest BCUT2D eigenvalue weighted by Crippen LogP contribution is 2.19. The number of nitrogens with two attached hydrogens (primary N) is 2. The van der Waals surface area contributed by atoms with Gasteiger partial charge in [0.1, 0.15) is 0 Å². The summed E-state index contributed by atoms with van der Waals surface area (Å²) in [6.07, 6.45) is 2.36. The second-order valence-corrected chi connectivity index (χ2v) is 5.22. The first kappa shape index (κ1) is 14.0. The van der Waals surface area contributed by atoms with Crippen LogP contribution in [0.1, 0.15) is 32.1 Å². The zero-order valence-electron chi connectivity index (χ0n) is 10.1. The molecule has 0 aliphatic carbocycles. The maximum Gasteiger partial charge on any atom is 0.276 e. The van der Waals surface area contributed by atoms with Gasteiger partial charge in [-0.2, -0.15) is 0 Å². The first-order valence-corrected chi connectivity index (χ1v) is 6.42. The number of carbonyl (C=O) groups excluding carboxylic acids is 1. The van der Waals surface area contributed by atoms with Gasteiger partial charge in [-0.05, 0) is 19.8 Å². The Morgan fingerprint density at radius 3 is 2.71 bits per heavy atom. The molecule has 0 aliphatic heterocycles. The summed E-state index contributed by atoms with van der Waals surface area (Å²) in [5.74, 6) is 0.963. The van der Waals surface area contributed by atoms with Crippen molar-refractivity contribution in [3.8, 4) is 0 Å². The predicted molar refractivity (Wildman–Crippen MR) is 65.4 cm³/mol. The van der Waals surface area contributed by atoms with Crippen molar-refractivity contribution in [2.24, 2.45) is 11.5 Å². The van der Waals surface area contributed by atoms with E-state index in [1.807, 2.05) is 0 Å². The van der Waals surface area contributed by atoms with Gasteiger partial charge in [0.25, 0.3) is 5.22 Å². The number of aryl methyl sites for hydroxylation is 1. The van der Waals surface area contributed by atoms with Crippen molar-refractivity contribution in [3.05, 3.63) is 5.89 Å². The normalized spacial score (nSPS) is 14.5. The van der Waals surface area contributed by atoms with Gasteiger partial charge in [0.15, 0.2) is 0 Å². The van der Waals surface area contributed by atoms with Gasteiger partial charge in [0, 0.05) is 12.7 Å². The van der Waals surface area contributed by atoms with E-state index in [1.54, 1.807) is 13.8 Å². The van der Waals surface area contributed by atoms with Crippen LogP contribution in [-0.4, -0.2) is 27.4 Å². The second-order valence-electron chi connectivity index (χ2n) is 4.17. The standard InChI is InChI=1S/C10H18N4O2S/c1-7-13-14-9(16-7)17-6-4-3-5-10(2,12)8(11)15/h3-6,12H2,1-2H3,(H2,11,15). The number of hydrogen-bond acceptors (Lipinski definition) is 6. The van der Waals surface area contributed by atoms with Gasteiger partial charge in [0.2, 0.25) is 11.8 Å². The number of unbranched alkanes of at least 4 members (excludes halogenated alkanes) is 1. The van der Waals surface area contributed by atoms with E-state index >= 15 is 0 Å². The van der Waals surface area contributed by atoms with E-state index in [4.69, 9.17) is 15.9 Å². The Hall–Kier alpha value is -1.08. The first-order chi connectivity index (χ1) is 7.92. The molecule has 1 aromatic heterocycles. The fourth-order valence-electron chi connectivity index (χ4n) is 1.21. The maximum atomic E-state index is 11.0. The SMILES string of the molecule is Cc1nnc(SCCCCC(C)(N)C(N)=O)o1. The van der Waals surface area contributed by atoms with Gasteiger partial charge in [-0.25, -0.2) is 0 Å². The molecule has 0 saturated carbocycles. The Balaban J connectivity index is 2.15. The Labute approximate surface area is 105 Å². The van der Waals surface area contributed by atoms with E-state index in [9.17, 15) is 4.79 Å². The summed E-state index contributed by atoms with van der Waals surface area (Å²) in [7, 11) is 0. The van der Waals surface area contributed by atoms with Crippen LogP contribution in [0, 0.1) is 6.92 Å². The molecular formula is C10H18N4O2S. The smallest absolute Gasteiger partial charge is 0.276 e. The van der Waals surface area contributed by atoms with Crippen LogP contribution in [0.2, 0.25) is 0 Å². The highest BCUT2D eigenvalue weighted by Gasteiger charge is 2.24. The van der Waals surface area contributed by atoms with Crippen LogP contribution in [0.25, 0.3) is 0 Å². The van der Waals surface area contributed by atoms with Crippen LogP contribution in [-0.2, 0) is 4.79 Å². The van der Waals surface area contributed by atoms with E-state index in [1.165, 1.54) is 11.8 Å².